The van der Waals surface area contributed by atoms with Crippen LogP contribution in [0.25, 0.3) is 0 Å². The minimum Gasteiger partial charge on any atom is -0.481 e. The summed E-state index contributed by atoms with van der Waals surface area (Å²) in [5, 5.41) is 8.84. The molecule has 0 saturated heterocycles. The Balaban J connectivity index is 4.73. The van der Waals surface area contributed by atoms with Crippen molar-refractivity contribution in [1.29, 1.82) is 0 Å². The minimum atomic E-state index is -0.872. The van der Waals surface area contributed by atoms with Crippen molar-refractivity contribution in [2.24, 2.45) is 5.92 Å². The fourth-order valence-electron chi connectivity index (χ4n) is 2.03. The van der Waals surface area contributed by atoms with E-state index in [0.717, 1.165) is 13.0 Å². The van der Waals surface area contributed by atoms with Crippen molar-refractivity contribution >= 4 is 12.0 Å². The lowest BCUT2D eigenvalue weighted by Crippen LogP contribution is -2.48. The van der Waals surface area contributed by atoms with Crippen molar-refractivity contribution in [3.63, 3.8) is 0 Å². The van der Waals surface area contributed by atoms with E-state index in [0.29, 0.717) is 19.0 Å². The van der Waals surface area contributed by atoms with Gasteiger partial charge in [0.15, 0.2) is 0 Å². The third kappa shape index (κ3) is 5.94. The molecule has 2 unspecified atom stereocenters. The number of carboxylic acids is 1. The SMILES string of the molecule is CCC(C)CN(CC)C(=O)N(CC)C(C)CC(=O)O. The fraction of sp³-hybridized carbons (Fsp3) is 0.857. The summed E-state index contributed by atoms with van der Waals surface area (Å²) in [5.41, 5.74) is 0. The van der Waals surface area contributed by atoms with Gasteiger partial charge in [-0.3, -0.25) is 4.79 Å². The number of nitrogens with zero attached hydrogens (tertiary/aromatic N) is 2. The highest BCUT2D eigenvalue weighted by Gasteiger charge is 2.25. The number of rotatable bonds is 8. The molecule has 0 aliphatic rings. The van der Waals surface area contributed by atoms with Gasteiger partial charge in [0.05, 0.1) is 6.42 Å². The molecule has 0 aromatic carbocycles. The van der Waals surface area contributed by atoms with E-state index in [1.54, 1.807) is 16.7 Å². The molecule has 5 nitrogen and oxygen atoms in total. The molecule has 0 aliphatic heterocycles. The molecule has 0 radical (unpaired) electrons. The summed E-state index contributed by atoms with van der Waals surface area (Å²) in [6.07, 6.45) is 1.01. The molecule has 0 spiro atoms. The normalized spacial score (nSPS) is 13.7. The number of aliphatic carboxylic acids is 1. The molecule has 0 aromatic rings. The molecule has 0 saturated carbocycles. The zero-order valence-electron chi connectivity index (χ0n) is 12.8. The Labute approximate surface area is 116 Å². The lowest BCUT2D eigenvalue weighted by atomic mass is 10.1. The molecule has 0 rings (SSSR count). The molecule has 0 heterocycles. The van der Waals surface area contributed by atoms with Crippen molar-refractivity contribution in [3.8, 4) is 0 Å². The van der Waals surface area contributed by atoms with Gasteiger partial charge in [-0.2, -0.15) is 0 Å². The van der Waals surface area contributed by atoms with Crippen LogP contribution in [-0.2, 0) is 4.79 Å². The monoisotopic (exact) mass is 272 g/mol. The predicted octanol–water partition coefficient (Wildman–Crippen LogP) is 2.66. The maximum Gasteiger partial charge on any atom is 0.320 e. The highest BCUT2D eigenvalue weighted by Crippen LogP contribution is 2.11. The van der Waals surface area contributed by atoms with Gasteiger partial charge in [-0.05, 0) is 26.7 Å². The van der Waals surface area contributed by atoms with Gasteiger partial charge in [-0.25, -0.2) is 4.79 Å². The number of carboxylic acid groups (broad SMARTS) is 1. The van der Waals surface area contributed by atoms with Gasteiger partial charge in [-0.1, -0.05) is 20.3 Å². The van der Waals surface area contributed by atoms with Gasteiger partial charge < -0.3 is 14.9 Å². The Morgan fingerprint density at radius 3 is 2.05 bits per heavy atom. The van der Waals surface area contributed by atoms with Gasteiger partial charge in [0, 0.05) is 25.7 Å². The van der Waals surface area contributed by atoms with E-state index in [1.165, 1.54) is 0 Å². The lowest BCUT2D eigenvalue weighted by molar-refractivity contribution is -0.138. The van der Waals surface area contributed by atoms with Crippen LogP contribution < -0.4 is 0 Å². The van der Waals surface area contributed by atoms with Crippen molar-refractivity contribution < 1.29 is 14.7 Å². The van der Waals surface area contributed by atoms with Gasteiger partial charge in [0.25, 0.3) is 0 Å². The van der Waals surface area contributed by atoms with Crippen LogP contribution in [0.4, 0.5) is 4.79 Å². The van der Waals surface area contributed by atoms with Crippen LogP contribution in [0.2, 0.25) is 0 Å². The van der Waals surface area contributed by atoms with E-state index >= 15 is 0 Å². The van der Waals surface area contributed by atoms with E-state index in [9.17, 15) is 9.59 Å². The summed E-state index contributed by atoms with van der Waals surface area (Å²) >= 11 is 0. The largest absolute Gasteiger partial charge is 0.481 e. The zero-order valence-corrected chi connectivity index (χ0v) is 12.8. The molecule has 0 aliphatic carbocycles. The summed E-state index contributed by atoms with van der Waals surface area (Å²) in [6, 6.07) is -0.333. The smallest absolute Gasteiger partial charge is 0.320 e. The van der Waals surface area contributed by atoms with Crippen LogP contribution in [-0.4, -0.2) is 52.6 Å². The number of hydrogen-bond acceptors (Lipinski definition) is 2. The van der Waals surface area contributed by atoms with E-state index in [1.807, 2.05) is 13.8 Å². The van der Waals surface area contributed by atoms with Crippen molar-refractivity contribution in [3.05, 3.63) is 0 Å². The van der Waals surface area contributed by atoms with Crippen LogP contribution in [0, 0.1) is 5.92 Å². The Morgan fingerprint density at radius 2 is 1.68 bits per heavy atom. The Bertz CT molecular complexity index is 294. The van der Waals surface area contributed by atoms with Gasteiger partial charge in [-0.15, -0.1) is 0 Å². The molecule has 19 heavy (non-hydrogen) atoms. The number of amides is 2. The Morgan fingerprint density at radius 1 is 1.11 bits per heavy atom. The average molecular weight is 272 g/mol. The Hall–Kier alpha value is -1.26. The molecular formula is C14H28N2O3. The zero-order chi connectivity index (χ0) is 15.0. The number of carbonyl (C=O) groups excluding carboxylic acids is 1. The molecule has 0 aromatic heterocycles. The molecule has 1 N–H and O–H groups in total. The average Bonchev–Trinajstić information content (AvgIpc) is 2.35. The second-order valence-corrected chi connectivity index (χ2v) is 5.07. The third-order valence-corrected chi connectivity index (χ3v) is 3.47. The van der Waals surface area contributed by atoms with E-state index in [2.05, 4.69) is 13.8 Å². The summed E-state index contributed by atoms with van der Waals surface area (Å²) < 4.78 is 0. The number of urea groups is 1. The summed E-state index contributed by atoms with van der Waals surface area (Å²) in [4.78, 5) is 26.6. The summed E-state index contributed by atoms with van der Waals surface area (Å²) in [5.74, 6) is -0.416. The lowest BCUT2D eigenvalue weighted by Gasteiger charge is -2.34. The van der Waals surface area contributed by atoms with Crippen molar-refractivity contribution in [2.45, 2.75) is 53.5 Å². The highest BCUT2D eigenvalue weighted by atomic mass is 16.4. The second kappa shape index (κ2) is 8.77. The topological polar surface area (TPSA) is 60.9 Å². The van der Waals surface area contributed by atoms with Crippen LogP contribution >= 0.6 is 0 Å². The van der Waals surface area contributed by atoms with E-state index < -0.39 is 5.97 Å². The highest BCUT2D eigenvalue weighted by molar-refractivity contribution is 5.76. The van der Waals surface area contributed by atoms with Gasteiger partial charge in [0.1, 0.15) is 0 Å². The first-order valence-electron chi connectivity index (χ1n) is 7.14. The maximum absolute atomic E-state index is 12.4. The second-order valence-electron chi connectivity index (χ2n) is 5.07. The third-order valence-electron chi connectivity index (χ3n) is 3.47. The van der Waals surface area contributed by atoms with Gasteiger partial charge >= 0.3 is 12.0 Å². The van der Waals surface area contributed by atoms with Crippen LogP contribution in [0.3, 0.4) is 0 Å². The first kappa shape index (κ1) is 17.7. The molecule has 5 heteroatoms. The molecule has 2 atom stereocenters. The van der Waals surface area contributed by atoms with Crippen molar-refractivity contribution in [2.75, 3.05) is 19.6 Å². The molecule has 112 valence electrons. The number of carbonyl (C=O) groups is 2. The van der Waals surface area contributed by atoms with Crippen LogP contribution in [0.15, 0.2) is 0 Å². The molecule has 2 amide bonds. The first-order chi connectivity index (χ1) is 8.87. The van der Waals surface area contributed by atoms with Crippen LogP contribution in [0.1, 0.15) is 47.5 Å². The molecule has 0 fully saturated rings. The van der Waals surface area contributed by atoms with E-state index in [-0.39, 0.29) is 18.5 Å². The van der Waals surface area contributed by atoms with Crippen molar-refractivity contribution in [1.82, 2.24) is 9.80 Å². The first-order valence-corrected chi connectivity index (χ1v) is 7.14. The van der Waals surface area contributed by atoms with E-state index in [4.69, 9.17) is 5.11 Å². The Kier molecular flexibility index (Phi) is 8.19. The quantitative estimate of drug-likeness (QED) is 0.739. The minimum absolute atomic E-state index is 0.0134. The summed E-state index contributed by atoms with van der Waals surface area (Å²) in [7, 11) is 0. The predicted molar refractivity (Wildman–Crippen MR) is 76.2 cm³/mol. The maximum atomic E-state index is 12.4. The molecular weight excluding hydrogens is 244 g/mol. The number of hydrogen-bond donors (Lipinski definition) is 1. The summed E-state index contributed by atoms with van der Waals surface area (Å²) in [6.45, 7) is 11.8. The standard InChI is InChI=1S/C14H28N2O3/c1-6-11(4)10-15(7-2)14(19)16(8-3)12(5)9-13(17)18/h11-12H,6-10H2,1-5H3,(H,17,18). The van der Waals surface area contributed by atoms with Gasteiger partial charge in [0.2, 0.25) is 0 Å². The molecule has 0 bridgehead atoms. The van der Waals surface area contributed by atoms with Crippen LogP contribution in [0.5, 0.6) is 0 Å². The fourth-order valence-corrected chi connectivity index (χ4v) is 2.03.